The molecule has 1 aromatic heterocycles. The van der Waals surface area contributed by atoms with E-state index in [9.17, 15) is 8.60 Å². The fourth-order valence-corrected chi connectivity index (χ4v) is 7.99. The second-order valence-electron chi connectivity index (χ2n) is 12.4. The van der Waals surface area contributed by atoms with Crippen molar-refractivity contribution in [2.45, 2.75) is 54.0 Å². The van der Waals surface area contributed by atoms with E-state index in [1.165, 1.54) is 12.1 Å². The Hall–Kier alpha value is -2.83. The van der Waals surface area contributed by atoms with Crippen LogP contribution in [0.4, 0.5) is 13.2 Å². The highest BCUT2D eigenvalue weighted by Crippen LogP contribution is 2.39. The number of aromatic nitrogens is 2. The molecule has 1 saturated heterocycles. The number of benzene rings is 3. The number of likely N-dealkylation sites (tertiary alicyclic amines) is 1. The maximum Gasteiger partial charge on any atom is 0.173 e. The summed E-state index contributed by atoms with van der Waals surface area (Å²) >= 11 is 7.43. The Morgan fingerprint density at radius 1 is 1.11 bits per heavy atom. The van der Waals surface area contributed by atoms with Crippen LogP contribution in [0, 0.1) is 17.5 Å². The van der Waals surface area contributed by atoms with Gasteiger partial charge in [-0.25, -0.2) is 27.1 Å². The summed E-state index contributed by atoms with van der Waals surface area (Å²) in [5.74, 6) is -1.49. The second-order valence-corrected chi connectivity index (χ2v) is 15.0. The number of nitrogens with one attached hydrogen (secondary N) is 1. The van der Waals surface area contributed by atoms with Gasteiger partial charge >= 0.3 is 0 Å². The van der Waals surface area contributed by atoms with Gasteiger partial charge in [0.2, 0.25) is 0 Å². The quantitative estimate of drug-likeness (QED) is 0.140. The molecular formula is C33H37ClF3N4O2S2+. The van der Waals surface area contributed by atoms with Crippen molar-refractivity contribution in [2.24, 2.45) is 0 Å². The Morgan fingerprint density at radius 2 is 1.80 bits per heavy atom. The lowest BCUT2D eigenvalue weighted by Crippen LogP contribution is -2.54. The van der Waals surface area contributed by atoms with E-state index in [1.54, 1.807) is 31.5 Å². The Bertz CT molecular complexity index is 1690. The Labute approximate surface area is 274 Å². The number of halogens is 4. The first-order chi connectivity index (χ1) is 21.3. The molecule has 45 heavy (non-hydrogen) atoms. The highest BCUT2D eigenvalue weighted by atomic mass is 35.5. The number of piperidine rings is 1. The lowest BCUT2D eigenvalue weighted by Gasteiger charge is -2.38. The predicted octanol–water partition coefficient (Wildman–Crippen LogP) is 7.42. The van der Waals surface area contributed by atoms with Crippen molar-refractivity contribution >= 4 is 34.3 Å². The van der Waals surface area contributed by atoms with E-state index in [1.807, 2.05) is 30.5 Å². The first kappa shape index (κ1) is 33.5. The molecule has 1 aliphatic heterocycles. The standard InChI is InChI=1S/C33H37ClF3N4O2S2/c1-33(2,21-8-13-27(34)30(15-21)43-5)31-18-38-32(40(31)24-11-9-22(35)10-12-24)44-20-26-28(36)16-25(17-29(26)37)45(42)39-23-7-6-14-41(3,4)19-23/h8-13,15-18,23,39H,6-7,14,19-20H2,1-5H3/q+1. The van der Waals surface area contributed by atoms with Crippen LogP contribution >= 0.6 is 23.4 Å². The number of nitrogens with zero attached hydrogens (tertiary/aromatic N) is 3. The number of thioether (sulfide) groups is 1. The molecule has 0 bridgehead atoms. The Balaban J connectivity index is 1.42. The summed E-state index contributed by atoms with van der Waals surface area (Å²) in [5.41, 5.74) is 1.53. The van der Waals surface area contributed by atoms with E-state index in [0.29, 0.717) is 21.6 Å². The first-order valence-corrected chi connectivity index (χ1v) is 17.1. The van der Waals surface area contributed by atoms with Crippen LogP contribution in [-0.2, 0) is 22.2 Å². The molecule has 0 saturated carbocycles. The number of rotatable bonds is 10. The van der Waals surface area contributed by atoms with Crippen LogP contribution in [0.2, 0.25) is 5.02 Å². The molecule has 2 unspecified atom stereocenters. The summed E-state index contributed by atoms with van der Waals surface area (Å²) in [6.45, 7) is 5.85. The van der Waals surface area contributed by atoms with Gasteiger partial charge in [0.05, 0.1) is 62.1 Å². The second kappa shape index (κ2) is 13.5. The van der Waals surface area contributed by atoms with Gasteiger partial charge in [-0.15, -0.1) is 0 Å². The molecule has 0 aliphatic carbocycles. The number of methoxy groups -OCH3 is 1. The van der Waals surface area contributed by atoms with E-state index in [2.05, 4.69) is 23.8 Å². The fraction of sp³-hybridized carbons (Fsp3) is 0.364. The molecule has 2 atom stereocenters. The van der Waals surface area contributed by atoms with Gasteiger partial charge in [-0.2, -0.15) is 0 Å². The highest BCUT2D eigenvalue weighted by Gasteiger charge is 2.31. The molecule has 1 fully saturated rings. The molecule has 12 heteroatoms. The monoisotopic (exact) mass is 677 g/mol. The molecule has 1 N–H and O–H groups in total. The largest absolute Gasteiger partial charge is 0.495 e. The van der Waals surface area contributed by atoms with Crippen LogP contribution < -0.4 is 9.46 Å². The summed E-state index contributed by atoms with van der Waals surface area (Å²) < 4.78 is 68.8. The third-order valence-electron chi connectivity index (χ3n) is 8.31. The van der Waals surface area contributed by atoms with Crippen molar-refractivity contribution in [3.63, 3.8) is 0 Å². The van der Waals surface area contributed by atoms with Gasteiger partial charge < -0.3 is 9.22 Å². The number of likely N-dealkylation sites (N-methyl/N-ethyl adjacent to an activating group) is 1. The molecule has 0 amide bonds. The van der Waals surface area contributed by atoms with Gasteiger partial charge in [0.15, 0.2) is 5.16 Å². The van der Waals surface area contributed by atoms with Gasteiger partial charge in [-0.1, -0.05) is 43.3 Å². The van der Waals surface area contributed by atoms with E-state index >= 15 is 8.78 Å². The van der Waals surface area contributed by atoms with Gasteiger partial charge in [0.1, 0.15) is 34.2 Å². The summed E-state index contributed by atoms with van der Waals surface area (Å²) in [5, 5.41) is 0.948. The van der Waals surface area contributed by atoms with E-state index < -0.39 is 33.9 Å². The zero-order valence-electron chi connectivity index (χ0n) is 25.9. The van der Waals surface area contributed by atoms with Gasteiger partial charge in [-0.3, -0.25) is 4.57 Å². The summed E-state index contributed by atoms with van der Waals surface area (Å²) in [6.07, 6.45) is 3.56. The van der Waals surface area contributed by atoms with Crippen molar-refractivity contribution in [3.05, 3.63) is 100 Å². The molecule has 2 heterocycles. The summed E-state index contributed by atoms with van der Waals surface area (Å²) in [6, 6.07) is 13.8. The average Bonchev–Trinajstić information content (AvgIpc) is 3.41. The minimum Gasteiger partial charge on any atom is -0.495 e. The Kier molecular flexibility index (Phi) is 10.1. The summed E-state index contributed by atoms with van der Waals surface area (Å²) in [4.78, 5) is 4.69. The van der Waals surface area contributed by atoms with Crippen molar-refractivity contribution in [3.8, 4) is 11.4 Å². The highest BCUT2D eigenvalue weighted by molar-refractivity contribution is 7.98. The fourth-order valence-electron chi connectivity index (χ4n) is 5.74. The molecular weight excluding hydrogens is 641 g/mol. The number of ether oxygens (including phenoxy) is 1. The van der Waals surface area contributed by atoms with Gasteiger partial charge in [0, 0.05) is 22.4 Å². The van der Waals surface area contributed by atoms with Crippen LogP contribution in [-0.4, -0.2) is 58.6 Å². The minimum atomic E-state index is -1.75. The van der Waals surface area contributed by atoms with Crippen molar-refractivity contribution in [1.29, 1.82) is 0 Å². The topological polar surface area (TPSA) is 56.1 Å². The maximum absolute atomic E-state index is 15.4. The molecule has 5 rings (SSSR count). The van der Waals surface area contributed by atoms with Crippen LogP contribution in [0.1, 0.15) is 43.5 Å². The molecule has 1 aliphatic rings. The zero-order valence-corrected chi connectivity index (χ0v) is 28.3. The third-order valence-corrected chi connectivity index (χ3v) is 10.8. The van der Waals surface area contributed by atoms with E-state index in [4.69, 9.17) is 16.3 Å². The molecule has 4 aromatic rings. The number of quaternary nitrogens is 1. The molecule has 6 nitrogen and oxygen atoms in total. The normalized spacial score (nSPS) is 17.3. The number of hydrogen-bond acceptors (Lipinski definition) is 4. The lowest BCUT2D eigenvalue weighted by atomic mass is 9.81. The average molecular weight is 678 g/mol. The molecule has 240 valence electrons. The van der Waals surface area contributed by atoms with Crippen LogP contribution in [0.5, 0.6) is 5.75 Å². The molecule has 3 aromatic carbocycles. The zero-order chi connectivity index (χ0) is 32.5. The lowest BCUT2D eigenvalue weighted by molar-refractivity contribution is -0.895. The van der Waals surface area contributed by atoms with Crippen LogP contribution in [0.15, 0.2) is 70.8 Å². The van der Waals surface area contributed by atoms with Gasteiger partial charge in [-0.05, 0) is 66.9 Å². The minimum absolute atomic E-state index is 0.00586. The molecule has 0 spiro atoms. The van der Waals surface area contributed by atoms with Crippen molar-refractivity contribution < 1.29 is 26.6 Å². The maximum atomic E-state index is 15.4. The summed E-state index contributed by atoms with van der Waals surface area (Å²) in [7, 11) is 4.02. The van der Waals surface area contributed by atoms with Crippen molar-refractivity contribution in [2.75, 3.05) is 34.3 Å². The Morgan fingerprint density at radius 3 is 2.44 bits per heavy atom. The first-order valence-electron chi connectivity index (χ1n) is 14.6. The predicted molar refractivity (Wildman–Crippen MR) is 174 cm³/mol. The number of hydrogen-bond donors (Lipinski definition) is 1. The number of imidazole rings is 1. The third kappa shape index (κ3) is 7.44. The van der Waals surface area contributed by atoms with E-state index in [-0.39, 0.29) is 22.3 Å². The van der Waals surface area contributed by atoms with E-state index in [0.717, 1.165) is 65.6 Å². The SMILES string of the molecule is COc1cc(C(C)(C)c2cnc(SCc3c(F)cc(S(=O)NC4CCC[N+](C)(C)C4)cc3F)n2-c2ccc(F)cc2)ccc1Cl. The van der Waals surface area contributed by atoms with Gasteiger partial charge in [0.25, 0.3) is 0 Å². The van der Waals surface area contributed by atoms with Crippen LogP contribution in [0.25, 0.3) is 5.69 Å². The van der Waals surface area contributed by atoms with Crippen molar-refractivity contribution in [1.82, 2.24) is 14.3 Å². The molecule has 0 radical (unpaired) electrons. The van der Waals surface area contributed by atoms with Crippen LogP contribution in [0.3, 0.4) is 0 Å². The smallest absolute Gasteiger partial charge is 0.173 e.